The second-order valence-electron chi connectivity index (χ2n) is 17.9. The third-order valence-corrected chi connectivity index (χ3v) is 18.4. The summed E-state index contributed by atoms with van der Waals surface area (Å²) in [6.07, 6.45) is 4.10. The summed E-state index contributed by atoms with van der Waals surface area (Å²) in [6, 6.07) is 32.8. The predicted molar refractivity (Wildman–Crippen MR) is 230 cm³/mol. The van der Waals surface area contributed by atoms with E-state index in [-0.39, 0.29) is 16.7 Å². The number of unbranched alkanes of at least 4 members (excludes halogenated alkanes) is 3. The van der Waals surface area contributed by atoms with Crippen molar-refractivity contribution >= 4 is 29.9 Å². The van der Waals surface area contributed by atoms with Gasteiger partial charge in [0, 0.05) is 63.2 Å². The van der Waals surface area contributed by atoms with E-state index in [1.54, 1.807) is 4.57 Å². The summed E-state index contributed by atoms with van der Waals surface area (Å²) in [4.78, 5) is 0. The summed E-state index contributed by atoms with van der Waals surface area (Å²) >= 11 is 0. The zero-order valence-corrected chi connectivity index (χ0v) is 35.5. The molecule has 2 heterocycles. The number of halogens is 5. The molecule has 0 saturated carbocycles. The minimum atomic E-state index is -2.73. The summed E-state index contributed by atoms with van der Waals surface area (Å²) in [6.45, 7) is 11.0. The van der Waals surface area contributed by atoms with Gasteiger partial charge in [0.25, 0.3) is 0 Å². The Bertz CT molecular complexity index is 2770. The Labute approximate surface area is 343 Å². The lowest BCUT2D eigenvalue weighted by molar-refractivity contribution is -0.00471. The van der Waals surface area contributed by atoms with Crippen LogP contribution in [0.3, 0.4) is 0 Å². The monoisotopic (exact) mass is 816 g/mol. The first kappa shape index (κ1) is 39.5. The highest BCUT2D eigenvalue weighted by atomic mass is 28.3. The third-order valence-electron chi connectivity index (χ3n) is 13.1. The Morgan fingerprint density at radius 2 is 1.19 bits per heavy atom. The molecule has 0 radical (unpaired) electrons. The van der Waals surface area contributed by atoms with Crippen LogP contribution in [0, 0.1) is 36.0 Å². The zero-order valence-electron chi connectivity index (χ0n) is 34.5. The molecule has 3 nitrogen and oxygen atoms in total. The van der Waals surface area contributed by atoms with E-state index in [0.717, 1.165) is 71.7 Å². The van der Waals surface area contributed by atoms with Crippen molar-refractivity contribution < 1.29 is 26.7 Å². The lowest BCUT2D eigenvalue weighted by Crippen LogP contribution is -2.45. The summed E-state index contributed by atoms with van der Waals surface area (Å²) in [5.41, 5.74) is 11.1. The van der Waals surface area contributed by atoms with Gasteiger partial charge in [0.2, 0.25) is 5.82 Å². The fraction of sp³-hybridized carbons (Fsp3) is 0.320. The molecule has 59 heavy (non-hydrogen) atoms. The molecular weight excluding hydrogens is 768 g/mol. The molecule has 0 saturated heterocycles. The Morgan fingerprint density at radius 3 is 1.85 bits per heavy atom. The topological polar surface area (TPSA) is 19.1 Å². The first-order chi connectivity index (χ1) is 28.2. The number of fused-ring (bicyclic) bond motifs is 10. The van der Waals surface area contributed by atoms with Crippen LogP contribution in [-0.2, 0) is 18.3 Å². The SMILES string of the molecule is Cc1ccc2c(c1)c1c(n2Cc2c(F)c(F)c(F)c(F)c2F)-c2ccccc2C1[Si](C)(CCCCCCOC(C)(C)C)C1c2ccccc2-c2c1c1ccccc1n2C. The minimum Gasteiger partial charge on any atom is -0.376 e. The number of aryl methyl sites for hydroxylation is 2. The molecule has 304 valence electrons. The third kappa shape index (κ3) is 6.21. The van der Waals surface area contributed by atoms with Crippen LogP contribution >= 0.6 is 0 Å². The highest BCUT2D eigenvalue weighted by molar-refractivity contribution is 6.83. The maximum absolute atomic E-state index is 15.6. The number of ether oxygens (including phenoxy) is 1. The van der Waals surface area contributed by atoms with E-state index in [1.807, 2.05) is 25.1 Å². The molecule has 0 aliphatic heterocycles. The highest BCUT2D eigenvalue weighted by Crippen LogP contribution is 2.62. The molecule has 0 N–H and O–H groups in total. The van der Waals surface area contributed by atoms with Crippen molar-refractivity contribution in [2.24, 2.45) is 7.05 Å². The molecule has 5 aromatic carbocycles. The molecule has 0 spiro atoms. The summed E-state index contributed by atoms with van der Waals surface area (Å²) < 4.78 is 85.2. The average Bonchev–Trinajstić information content (AvgIpc) is 3.93. The molecular formula is C50H49F5N2OSi. The molecule has 3 unspecified atom stereocenters. The van der Waals surface area contributed by atoms with Gasteiger partial charge in [0.05, 0.1) is 31.6 Å². The Morgan fingerprint density at radius 1 is 0.627 bits per heavy atom. The molecule has 9 heteroatoms. The lowest BCUT2D eigenvalue weighted by atomic mass is 10.1. The fourth-order valence-electron chi connectivity index (χ4n) is 10.6. The van der Waals surface area contributed by atoms with Crippen molar-refractivity contribution in [1.82, 2.24) is 9.13 Å². The first-order valence-electron chi connectivity index (χ1n) is 20.8. The smallest absolute Gasteiger partial charge is 0.200 e. The van der Waals surface area contributed by atoms with E-state index >= 15 is 8.78 Å². The van der Waals surface area contributed by atoms with E-state index in [2.05, 4.69) is 112 Å². The number of hydrogen-bond donors (Lipinski definition) is 0. The van der Waals surface area contributed by atoms with Crippen LogP contribution in [0.25, 0.3) is 44.3 Å². The Kier molecular flexibility index (Phi) is 9.78. The second kappa shape index (κ2) is 14.6. The van der Waals surface area contributed by atoms with Crippen molar-refractivity contribution in [3.8, 4) is 22.5 Å². The molecule has 2 aromatic heterocycles. The average molecular weight is 817 g/mol. The number of hydrogen-bond acceptors (Lipinski definition) is 1. The first-order valence-corrected chi connectivity index (χ1v) is 23.6. The van der Waals surface area contributed by atoms with Crippen LogP contribution < -0.4 is 0 Å². The molecule has 0 bridgehead atoms. The molecule has 0 amide bonds. The number of para-hydroxylation sites is 1. The number of benzene rings is 5. The quantitative estimate of drug-likeness (QED) is 0.0418. The summed E-state index contributed by atoms with van der Waals surface area (Å²) in [5, 5.41) is 2.20. The normalized spacial score (nSPS) is 16.7. The fourth-order valence-corrected chi connectivity index (χ4v) is 16.4. The van der Waals surface area contributed by atoms with Gasteiger partial charge in [0.15, 0.2) is 23.3 Å². The van der Waals surface area contributed by atoms with Gasteiger partial charge in [-0.3, -0.25) is 0 Å². The molecule has 2 aliphatic carbocycles. The molecule has 7 aromatic rings. The van der Waals surface area contributed by atoms with Gasteiger partial charge in [-0.2, -0.15) is 0 Å². The van der Waals surface area contributed by atoms with E-state index in [0.29, 0.717) is 5.52 Å². The van der Waals surface area contributed by atoms with Gasteiger partial charge < -0.3 is 13.9 Å². The van der Waals surface area contributed by atoms with Crippen LogP contribution in [0.5, 0.6) is 0 Å². The van der Waals surface area contributed by atoms with Crippen LogP contribution in [0.4, 0.5) is 22.0 Å². The van der Waals surface area contributed by atoms with Crippen molar-refractivity contribution in [1.29, 1.82) is 0 Å². The van der Waals surface area contributed by atoms with Gasteiger partial charge >= 0.3 is 0 Å². The van der Waals surface area contributed by atoms with Crippen LogP contribution in [-0.4, -0.2) is 29.4 Å². The van der Waals surface area contributed by atoms with E-state index in [9.17, 15) is 13.2 Å². The van der Waals surface area contributed by atoms with Gasteiger partial charge in [-0.15, -0.1) is 0 Å². The van der Waals surface area contributed by atoms with Gasteiger partial charge in [-0.25, -0.2) is 22.0 Å². The van der Waals surface area contributed by atoms with Crippen molar-refractivity contribution in [2.75, 3.05) is 6.61 Å². The highest BCUT2D eigenvalue weighted by Gasteiger charge is 2.54. The number of aromatic nitrogens is 2. The maximum Gasteiger partial charge on any atom is 0.200 e. The van der Waals surface area contributed by atoms with Crippen LogP contribution in [0.1, 0.15) is 90.9 Å². The summed E-state index contributed by atoms with van der Waals surface area (Å²) in [7, 11) is -0.562. The molecule has 2 aliphatic rings. The summed E-state index contributed by atoms with van der Waals surface area (Å²) in [5.74, 6) is -9.62. The van der Waals surface area contributed by atoms with Crippen LogP contribution in [0.15, 0.2) is 91.0 Å². The molecule has 0 fully saturated rings. The standard InChI is InChI=1S/C50H49F5N2OSi/c1-29-23-24-38-35(27-29)40-47(57(38)28-36-41(51)43(53)45(55)44(54)42(36)52)31-18-10-12-20-33(31)49(40)59(6,26-16-8-7-15-25-58-50(2,3)4)48-32-19-11-9-17-30(32)46-39(48)34-21-13-14-22-37(34)56(46)5/h9-14,17-24,27,48-49H,7-8,15-16,25-26,28H2,1-6H3. The van der Waals surface area contributed by atoms with Gasteiger partial charge in [-0.05, 0) is 74.6 Å². The second-order valence-corrected chi connectivity index (χ2v) is 22.6. The zero-order chi connectivity index (χ0) is 41.5. The van der Waals surface area contributed by atoms with Gasteiger partial charge in [-0.1, -0.05) is 110 Å². The predicted octanol–water partition coefficient (Wildman–Crippen LogP) is 13.6. The largest absolute Gasteiger partial charge is 0.376 e. The maximum atomic E-state index is 15.6. The lowest BCUT2D eigenvalue weighted by Gasteiger charge is -2.41. The van der Waals surface area contributed by atoms with Crippen LogP contribution in [0.2, 0.25) is 12.6 Å². The molecule has 9 rings (SSSR count). The van der Waals surface area contributed by atoms with E-state index in [4.69, 9.17) is 4.74 Å². The minimum absolute atomic E-state index is 0.0529. The number of rotatable bonds is 11. The van der Waals surface area contributed by atoms with E-state index < -0.39 is 49.3 Å². The Hall–Kier alpha value is -4.99. The Balaban J connectivity index is 1.27. The van der Waals surface area contributed by atoms with Gasteiger partial charge in [0.1, 0.15) is 0 Å². The molecule has 3 atom stereocenters. The number of nitrogens with zero attached hydrogens (tertiary/aromatic N) is 2. The van der Waals surface area contributed by atoms with Crippen molar-refractivity contribution in [3.63, 3.8) is 0 Å². The van der Waals surface area contributed by atoms with Crippen molar-refractivity contribution in [2.45, 2.75) is 89.2 Å². The van der Waals surface area contributed by atoms with E-state index in [1.165, 1.54) is 33.3 Å². The van der Waals surface area contributed by atoms with Crippen molar-refractivity contribution in [3.05, 3.63) is 153 Å².